The fourth-order valence-electron chi connectivity index (χ4n) is 3.86. The van der Waals surface area contributed by atoms with Crippen molar-refractivity contribution < 1.29 is 24.9 Å². The van der Waals surface area contributed by atoms with Gasteiger partial charge in [0.15, 0.2) is 0 Å². The first-order chi connectivity index (χ1) is 12.7. The topological polar surface area (TPSA) is 94.8 Å². The monoisotopic (exact) mass is 382 g/mol. The number of aliphatic hydroxyl groups is 2. The van der Waals surface area contributed by atoms with Gasteiger partial charge in [-0.1, -0.05) is 65.0 Å². The third kappa shape index (κ3) is 8.14. The van der Waals surface area contributed by atoms with Crippen LogP contribution in [0.2, 0.25) is 0 Å². The molecule has 1 saturated carbocycles. The van der Waals surface area contributed by atoms with Gasteiger partial charge in [-0.3, -0.25) is 9.59 Å². The van der Waals surface area contributed by atoms with Crippen molar-refractivity contribution in [2.24, 2.45) is 17.3 Å². The van der Waals surface area contributed by atoms with Gasteiger partial charge in [0.1, 0.15) is 5.78 Å². The lowest BCUT2D eigenvalue weighted by atomic mass is 9.80. The van der Waals surface area contributed by atoms with Crippen LogP contribution in [-0.2, 0) is 9.59 Å². The molecule has 0 aromatic heterocycles. The Hall–Kier alpha value is -1.20. The molecule has 0 radical (unpaired) electrons. The Morgan fingerprint density at radius 3 is 2.52 bits per heavy atom. The van der Waals surface area contributed by atoms with Gasteiger partial charge in [0.2, 0.25) is 0 Å². The Bertz CT molecular complexity index is 497. The molecule has 156 valence electrons. The summed E-state index contributed by atoms with van der Waals surface area (Å²) in [6.45, 7) is 6.22. The molecular formula is C22H38O5. The summed E-state index contributed by atoms with van der Waals surface area (Å²) in [5.41, 5.74) is -0.223. The average molecular weight is 383 g/mol. The number of hydrogen-bond acceptors (Lipinski definition) is 4. The predicted molar refractivity (Wildman–Crippen MR) is 106 cm³/mol. The van der Waals surface area contributed by atoms with Gasteiger partial charge in [-0.15, -0.1) is 0 Å². The highest BCUT2D eigenvalue weighted by atomic mass is 16.4. The Kier molecular flexibility index (Phi) is 10.2. The molecule has 5 nitrogen and oxygen atoms in total. The molecule has 0 aliphatic heterocycles. The number of carboxylic acid groups (broad SMARTS) is 1. The summed E-state index contributed by atoms with van der Waals surface area (Å²) < 4.78 is 0. The third-order valence-corrected chi connectivity index (χ3v) is 5.88. The number of unbranched alkanes of at least 4 members (excludes halogenated alkanes) is 4. The van der Waals surface area contributed by atoms with Crippen molar-refractivity contribution in [1.29, 1.82) is 0 Å². The molecule has 0 spiro atoms. The zero-order valence-corrected chi connectivity index (χ0v) is 17.2. The molecule has 0 bridgehead atoms. The van der Waals surface area contributed by atoms with E-state index < -0.39 is 18.2 Å². The SMILES string of the molecule is CCCCC(C)(C)C(O)C=C[C@H]1[C@H](O)CC(=O)[C@@H]1CCCCCCC(=O)O. The van der Waals surface area contributed by atoms with Gasteiger partial charge in [0, 0.05) is 24.7 Å². The number of carbonyl (C=O) groups excluding carboxylic acids is 1. The van der Waals surface area contributed by atoms with E-state index in [1.54, 1.807) is 6.08 Å². The molecule has 3 N–H and O–H groups in total. The summed E-state index contributed by atoms with van der Waals surface area (Å²) in [5, 5.41) is 29.4. The first-order valence-corrected chi connectivity index (χ1v) is 10.5. The van der Waals surface area contributed by atoms with E-state index in [0.29, 0.717) is 12.8 Å². The van der Waals surface area contributed by atoms with Crippen molar-refractivity contribution in [2.45, 2.75) is 97.2 Å². The van der Waals surface area contributed by atoms with Crippen LogP contribution in [0.15, 0.2) is 12.2 Å². The van der Waals surface area contributed by atoms with Crippen LogP contribution in [-0.4, -0.2) is 39.3 Å². The first kappa shape index (κ1) is 23.8. The molecule has 1 unspecified atom stereocenters. The summed E-state index contributed by atoms with van der Waals surface area (Å²) in [5.74, 6) is -1.09. The first-order valence-electron chi connectivity index (χ1n) is 10.5. The molecule has 0 aromatic rings. The molecule has 0 saturated heterocycles. The van der Waals surface area contributed by atoms with Gasteiger partial charge in [0.05, 0.1) is 12.2 Å². The lowest BCUT2D eigenvalue weighted by Crippen LogP contribution is -2.28. The molecule has 0 heterocycles. The maximum Gasteiger partial charge on any atom is 0.303 e. The summed E-state index contributed by atoms with van der Waals surface area (Å²) in [6.07, 6.45) is 9.80. The molecular weight excluding hydrogens is 344 g/mol. The van der Waals surface area contributed by atoms with Gasteiger partial charge >= 0.3 is 5.97 Å². The van der Waals surface area contributed by atoms with Crippen molar-refractivity contribution in [2.75, 3.05) is 0 Å². The second-order valence-electron chi connectivity index (χ2n) is 8.69. The summed E-state index contributed by atoms with van der Waals surface area (Å²) >= 11 is 0. The highest BCUT2D eigenvalue weighted by Gasteiger charge is 2.39. The quantitative estimate of drug-likeness (QED) is 0.329. The second-order valence-corrected chi connectivity index (χ2v) is 8.69. The smallest absolute Gasteiger partial charge is 0.303 e. The minimum Gasteiger partial charge on any atom is -0.481 e. The Morgan fingerprint density at radius 1 is 1.22 bits per heavy atom. The van der Waals surface area contributed by atoms with Crippen LogP contribution in [0.25, 0.3) is 0 Å². The number of carboxylic acids is 1. The van der Waals surface area contributed by atoms with E-state index in [-0.39, 0.29) is 35.9 Å². The Labute approximate surface area is 163 Å². The zero-order chi connectivity index (χ0) is 20.4. The fourth-order valence-corrected chi connectivity index (χ4v) is 3.86. The van der Waals surface area contributed by atoms with E-state index in [4.69, 9.17) is 5.11 Å². The lowest BCUT2D eigenvalue weighted by Gasteiger charge is -2.29. The van der Waals surface area contributed by atoms with Crippen LogP contribution in [0.5, 0.6) is 0 Å². The van der Waals surface area contributed by atoms with Gasteiger partial charge in [-0.2, -0.15) is 0 Å². The van der Waals surface area contributed by atoms with Crippen LogP contribution in [0.1, 0.15) is 85.0 Å². The second kappa shape index (κ2) is 11.6. The number of carbonyl (C=O) groups is 2. The van der Waals surface area contributed by atoms with Crippen molar-refractivity contribution in [1.82, 2.24) is 0 Å². The van der Waals surface area contributed by atoms with Gasteiger partial charge in [-0.25, -0.2) is 0 Å². The van der Waals surface area contributed by atoms with E-state index in [9.17, 15) is 19.8 Å². The number of aliphatic carboxylic acids is 1. The molecule has 4 atom stereocenters. The normalized spacial score (nSPS) is 24.6. The minimum absolute atomic E-state index is 0.0995. The highest BCUT2D eigenvalue weighted by Crippen LogP contribution is 2.35. The molecule has 1 aliphatic carbocycles. The van der Waals surface area contributed by atoms with Crippen LogP contribution in [0.3, 0.4) is 0 Å². The van der Waals surface area contributed by atoms with E-state index in [1.807, 2.05) is 19.9 Å². The number of ketones is 1. The molecule has 1 rings (SSSR count). The number of Topliss-reactive ketones (excluding diaryl/α,β-unsaturated/α-hetero) is 1. The largest absolute Gasteiger partial charge is 0.481 e. The zero-order valence-electron chi connectivity index (χ0n) is 17.2. The van der Waals surface area contributed by atoms with Crippen LogP contribution >= 0.6 is 0 Å². The molecule has 5 heteroatoms. The lowest BCUT2D eigenvalue weighted by molar-refractivity contribution is -0.137. The van der Waals surface area contributed by atoms with E-state index >= 15 is 0 Å². The third-order valence-electron chi connectivity index (χ3n) is 5.88. The van der Waals surface area contributed by atoms with Crippen molar-refractivity contribution in [3.8, 4) is 0 Å². The van der Waals surface area contributed by atoms with Crippen molar-refractivity contribution >= 4 is 11.8 Å². The summed E-state index contributed by atoms with van der Waals surface area (Å²) in [7, 11) is 0. The predicted octanol–water partition coefficient (Wildman–Crippen LogP) is 4.11. The Balaban J connectivity index is 2.55. The maximum absolute atomic E-state index is 12.3. The van der Waals surface area contributed by atoms with Crippen LogP contribution < -0.4 is 0 Å². The van der Waals surface area contributed by atoms with Crippen molar-refractivity contribution in [3.05, 3.63) is 12.2 Å². The standard InChI is InChI=1S/C22H38O5/c1-4-5-14-22(2,3)20(25)13-12-17-16(18(23)15-19(17)24)10-8-6-7-9-11-21(26)27/h12-13,16-17,19-20,24-25H,4-11,14-15H2,1-3H3,(H,26,27)/t16-,17-,19-,20?/m1/s1. The van der Waals surface area contributed by atoms with Gasteiger partial charge in [-0.05, 0) is 24.7 Å². The number of rotatable bonds is 13. The van der Waals surface area contributed by atoms with Crippen LogP contribution in [0.4, 0.5) is 0 Å². The summed E-state index contributed by atoms with van der Waals surface area (Å²) in [6, 6.07) is 0. The van der Waals surface area contributed by atoms with E-state index in [0.717, 1.165) is 38.5 Å². The molecule has 27 heavy (non-hydrogen) atoms. The van der Waals surface area contributed by atoms with Crippen LogP contribution in [0, 0.1) is 17.3 Å². The maximum atomic E-state index is 12.3. The molecule has 0 aromatic carbocycles. The van der Waals surface area contributed by atoms with Gasteiger partial charge in [0.25, 0.3) is 0 Å². The number of hydrogen-bond donors (Lipinski definition) is 3. The van der Waals surface area contributed by atoms with E-state index in [1.165, 1.54) is 0 Å². The van der Waals surface area contributed by atoms with E-state index in [2.05, 4.69) is 6.92 Å². The highest BCUT2D eigenvalue weighted by molar-refractivity contribution is 5.84. The Morgan fingerprint density at radius 2 is 1.89 bits per heavy atom. The van der Waals surface area contributed by atoms with Crippen molar-refractivity contribution in [3.63, 3.8) is 0 Å². The molecule has 1 aliphatic rings. The number of aliphatic hydroxyl groups excluding tert-OH is 2. The summed E-state index contributed by atoms with van der Waals surface area (Å²) in [4.78, 5) is 22.8. The van der Waals surface area contributed by atoms with Gasteiger partial charge < -0.3 is 15.3 Å². The average Bonchev–Trinajstić information content (AvgIpc) is 2.86. The molecule has 0 amide bonds. The minimum atomic E-state index is -0.769. The molecule has 1 fully saturated rings. The fraction of sp³-hybridized carbons (Fsp3) is 0.818.